The van der Waals surface area contributed by atoms with E-state index in [-0.39, 0.29) is 23.1 Å². The minimum Gasteiger partial charge on any atom is -0.495 e. The van der Waals surface area contributed by atoms with Crippen molar-refractivity contribution in [2.24, 2.45) is 7.05 Å². The van der Waals surface area contributed by atoms with Crippen molar-refractivity contribution in [3.63, 3.8) is 0 Å². The Bertz CT molecular complexity index is 1070. The highest BCUT2D eigenvalue weighted by atomic mass is 19.1. The molecule has 0 atom stereocenters. The molecule has 0 saturated carbocycles. The Hall–Kier alpha value is -2.96. The largest absolute Gasteiger partial charge is 0.495 e. The molecule has 130 valence electrons. The lowest BCUT2D eigenvalue weighted by Gasteiger charge is -2.14. The van der Waals surface area contributed by atoms with Gasteiger partial charge >= 0.3 is 5.69 Å². The number of aromatic nitrogens is 3. The summed E-state index contributed by atoms with van der Waals surface area (Å²) >= 11 is 0. The molecule has 0 amide bonds. The Balaban J connectivity index is 2.35. The van der Waals surface area contributed by atoms with Gasteiger partial charge in [0.1, 0.15) is 17.0 Å². The fourth-order valence-electron chi connectivity index (χ4n) is 2.89. The molecule has 7 heteroatoms. The second kappa shape index (κ2) is 6.51. The van der Waals surface area contributed by atoms with Crippen molar-refractivity contribution in [2.75, 3.05) is 7.11 Å². The molecule has 0 N–H and O–H groups in total. The van der Waals surface area contributed by atoms with Crippen LogP contribution in [0.1, 0.15) is 18.1 Å². The van der Waals surface area contributed by atoms with E-state index in [0.717, 1.165) is 10.1 Å². The number of ether oxygens (including phenoxy) is 1. The number of rotatable bonds is 4. The van der Waals surface area contributed by atoms with Gasteiger partial charge in [-0.1, -0.05) is 25.1 Å². The van der Waals surface area contributed by atoms with Gasteiger partial charge in [-0.25, -0.2) is 14.2 Å². The Labute approximate surface area is 143 Å². The van der Waals surface area contributed by atoms with Crippen LogP contribution in [0.15, 0.2) is 40.1 Å². The highest BCUT2D eigenvalue weighted by Crippen LogP contribution is 2.25. The molecular formula is C18H18FN3O3. The first kappa shape index (κ1) is 16.9. The van der Waals surface area contributed by atoms with Crippen LogP contribution in [-0.4, -0.2) is 21.2 Å². The van der Waals surface area contributed by atoms with E-state index in [1.807, 2.05) is 6.92 Å². The molecule has 0 bridgehead atoms. The second-order valence-electron chi connectivity index (χ2n) is 5.69. The average Bonchev–Trinajstić information content (AvgIpc) is 2.63. The number of benzene rings is 1. The van der Waals surface area contributed by atoms with Gasteiger partial charge in [-0.2, -0.15) is 0 Å². The standard InChI is InChI=1S/C18H18FN3O3/c1-4-11-9-20-16-14(15(11)25-3)17(23)22(18(24)21(16)2)10-12-7-5-6-8-13(12)19/h5-9H,4,10H2,1-3H3. The molecule has 0 saturated heterocycles. The van der Waals surface area contributed by atoms with Gasteiger partial charge in [-0.15, -0.1) is 0 Å². The maximum absolute atomic E-state index is 14.0. The van der Waals surface area contributed by atoms with Crippen LogP contribution in [-0.2, 0) is 20.0 Å². The average molecular weight is 343 g/mol. The lowest BCUT2D eigenvalue weighted by Crippen LogP contribution is -2.40. The molecule has 2 heterocycles. The monoisotopic (exact) mass is 343 g/mol. The van der Waals surface area contributed by atoms with Gasteiger partial charge in [-0.05, 0) is 12.5 Å². The first-order valence-corrected chi connectivity index (χ1v) is 7.88. The van der Waals surface area contributed by atoms with Crippen molar-refractivity contribution >= 4 is 11.0 Å². The fraction of sp³-hybridized carbons (Fsp3) is 0.278. The smallest absolute Gasteiger partial charge is 0.332 e. The third-order valence-corrected chi connectivity index (χ3v) is 4.25. The predicted molar refractivity (Wildman–Crippen MR) is 92.7 cm³/mol. The van der Waals surface area contributed by atoms with Crippen LogP contribution in [0.3, 0.4) is 0 Å². The summed E-state index contributed by atoms with van der Waals surface area (Å²) in [5.74, 6) is -0.0701. The van der Waals surface area contributed by atoms with Gasteiger partial charge in [-0.3, -0.25) is 13.9 Å². The first-order valence-electron chi connectivity index (χ1n) is 7.88. The van der Waals surface area contributed by atoms with Gasteiger partial charge in [0.05, 0.1) is 13.7 Å². The molecule has 0 aliphatic carbocycles. The zero-order valence-electron chi connectivity index (χ0n) is 14.2. The van der Waals surface area contributed by atoms with Crippen molar-refractivity contribution in [3.05, 3.63) is 68.2 Å². The molecule has 0 aliphatic rings. The number of methoxy groups -OCH3 is 1. The van der Waals surface area contributed by atoms with E-state index in [2.05, 4.69) is 4.98 Å². The summed E-state index contributed by atoms with van der Waals surface area (Å²) < 4.78 is 21.6. The molecule has 0 aliphatic heterocycles. The molecule has 0 radical (unpaired) electrons. The van der Waals surface area contributed by atoms with E-state index in [0.29, 0.717) is 12.2 Å². The summed E-state index contributed by atoms with van der Waals surface area (Å²) in [5.41, 5.74) is 0.178. The Morgan fingerprint density at radius 3 is 2.56 bits per heavy atom. The maximum atomic E-state index is 14.0. The molecule has 0 spiro atoms. The number of halogens is 1. The third-order valence-electron chi connectivity index (χ3n) is 4.25. The van der Waals surface area contributed by atoms with Crippen molar-refractivity contribution in [3.8, 4) is 5.75 Å². The summed E-state index contributed by atoms with van der Waals surface area (Å²) in [4.78, 5) is 29.8. The second-order valence-corrected chi connectivity index (χ2v) is 5.69. The number of pyridine rings is 1. The van der Waals surface area contributed by atoms with E-state index < -0.39 is 17.1 Å². The molecule has 3 aromatic rings. The lowest BCUT2D eigenvalue weighted by atomic mass is 10.1. The predicted octanol–water partition coefficient (Wildman–Crippen LogP) is 1.85. The van der Waals surface area contributed by atoms with Crippen molar-refractivity contribution < 1.29 is 9.13 Å². The van der Waals surface area contributed by atoms with Crippen LogP contribution in [0, 0.1) is 5.82 Å². The Kier molecular flexibility index (Phi) is 4.39. The molecule has 25 heavy (non-hydrogen) atoms. The maximum Gasteiger partial charge on any atom is 0.332 e. The molecule has 0 fully saturated rings. The number of fused-ring (bicyclic) bond motifs is 1. The van der Waals surface area contributed by atoms with Crippen molar-refractivity contribution in [2.45, 2.75) is 19.9 Å². The van der Waals surface area contributed by atoms with Gasteiger partial charge in [0.25, 0.3) is 5.56 Å². The van der Waals surface area contributed by atoms with Gasteiger partial charge in [0.15, 0.2) is 5.65 Å². The fourth-order valence-corrected chi connectivity index (χ4v) is 2.89. The topological polar surface area (TPSA) is 66.1 Å². The van der Waals surface area contributed by atoms with Crippen LogP contribution in [0.4, 0.5) is 4.39 Å². The van der Waals surface area contributed by atoms with E-state index >= 15 is 0 Å². The summed E-state index contributed by atoms with van der Waals surface area (Å²) in [5, 5.41) is 0.222. The molecule has 1 aromatic carbocycles. The minimum absolute atomic E-state index is 0.159. The van der Waals surface area contributed by atoms with Gasteiger partial charge in [0.2, 0.25) is 0 Å². The quantitative estimate of drug-likeness (QED) is 0.725. The van der Waals surface area contributed by atoms with Crippen molar-refractivity contribution in [1.82, 2.24) is 14.1 Å². The summed E-state index contributed by atoms with van der Waals surface area (Å²) in [6.07, 6.45) is 2.23. The Morgan fingerprint density at radius 1 is 1.20 bits per heavy atom. The van der Waals surface area contributed by atoms with E-state index in [9.17, 15) is 14.0 Å². The summed E-state index contributed by atoms with van der Waals surface area (Å²) in [6.45, 7) is 1.76. The number of hydrogen-bond acceptors (Lipinski definition) is 4. The summed E-state index contributed by atoms with van der Waals surface area (Å²) in [7, 11) is 3.00. The van der Waals surface area contributed by atoms with E-state index in [1.54, 1.807) is 24.4 Å². The SMILES string of the molecule is CCc1cnc2c(c1OC)c(=O)n(Cc1ccccc1F)c(=O)n2C. The molecule has 2 aromatic heterocycles. The first-order chi connectivity index (χ1) is 12.0. The van der Waals surface area contributed by atoms with E-state index in [1.165, 1.54) is 24.8 Å². The zero-order valence-corrected chi connectivity index (χ0v) is 14.2. The Morgan fingerprint density at radius 2 is 1.92 bits per heavy atom. The number of hydrogen-bond donors (Lipinski definition) is 0. The molecular weight excluding hydrogens is 325 g/mol. The van der Waals surface area contributed by atoms with Crippen LogP contribution in [0.2, 0.25) is 0 Å². The number of aryl methyl sites for hydroxylation is 2. The highest BCUT2D eigenvalue weighted by Gasteiger charge is 2.19. The van der Waals surface area contributed by atoms with Crippen LogP contribution in [0.5, 0.6) is 5.75 Å². The van der Waals surface area contributed by atoms with E-state index in [4.69, 9.17) is 4.74 Å². The van der Waals surface area contributed by atoms with Crippen molar-refractivity contribution in [1.29, 1.82) is 0 Å². The molecule has 0 unspecified atom stereocenters. The van der Waals surface area contributed by atoms with Crippen LogP contribution >= 0.6 is 0 Å². The third kappa shape index (κ3) is 2.71. The van der Waals surface area contributed by atoms with Gasteiger partial charge < -0.3 is 4.74 Å². The van der Waals surface area contributed by atoms with Crippen LogP contribution < -0.4 is 16.0 Å². The minimum atomic E-state index is -0.556. The zero-order chi connectivity index (χ0) is 18.1. The lowest BCUT2D eigenvalue weighted by molar-refractivity contribution is 0.413. The normalized spacial score (nSPS) is 11.0. The molecule has 6 nitrogen and oxygen atoms in total. The molecule has 3 rings (SSSR count). The van der Waals surface area contributed by atoms with Crippen LogP contribution in [0.25, 0.3) is 11.0 Å². The van der Waals surface area contributed by atoms with Gasteiger partial charge in [0, 0.05) is 24.4 Å². The summed E-state index contributed by atoms with van der Waals surface area (Å²) in [6, 6.07) is 6.06. The highest BCUT2D eigenvalue weighted by molar-refractivity contribution is 5.82. The number of nitrogens with zero attached hydrogens (tertiary/aromatic N) is 3.